The second-order valence-corrected chi connectivity index (χ2v) is 12.0. The first-order valence-electron chi connectivity index (χ1n) is 14.2. The standard InChI is InChI=1S/C32H36Cl2N6O2/c1-20-18-40(31(42)29(35)15-24-11-12-25(33)16-28(24)34)27(8-4-7-26-17-37-32(36)38-26)19-39(20)30(41)14-21-9-10-22-5-2-3-6-23(22)13-21/h2-3,5-6,9-13,16-17,20,27,29H,4,7-8,14-15,18-19,35H2,1H3,(H3,36,37,38)/t20-,27+,29-/m1/s1. The summed E-state index contributed by atoms with van der Waals surface area (Å²) in [7, 11) is 0. The van der Waals surface area contributed by atoms with Gasteiger partial charge in [-0.15, -0.1) is 0 Å². The third-order valence-electron chi connectivity index (χ3n) is 8.01. The predicted octanol–water partition coefficient (Wildman–Crippen LogP) is 5.02. The Morgan fingerprint density at radius 3 is 2.57 bits per heavy atom. The first-order valence-corrected chi connectivity index (χ1v) is 15.0. The Morgan fingerprint density at radius 1 is 1.05 bits per heavy atom. The van der Waals surface area contributed by atoms with Crippen LogP contribution in [0.5, 0.6) is 0 Å². The highest BCUT2D eigenvalue weighted by Crippen LogP contribution is 2.25. The predicted molar refractivity (Wildman–Crippen MR) is 168 cm³/mol. The Morgan fingerprint density at radius 2 is 1.83 bits per heavy atom. The summed E-state index contributed by atoms with van der Waals surface area (Å²) >= 11 is 12.4. The molecule has 3 atom stereocenters. The molecule has 1 aliphatic rings. The minimum absolute atomic E-state index is 0.0483. The number of hydrogen-bond acceptors (Lipinski definition) is 5. The number of hydrogen-bond donors (Lipinski definition) is 3. The molecule has 5 N–H and O–H groups in total. The number of aromatic amines is 1. The number of rotatable bonds is 9. The van der Waals surface area contributed by atoms with Gasteiger partial charge in [0.05, 0.1) is 18.2 Å². The highest BCUT2D eigenvalue weighted by Gasteiger charge is 2.38. The number of nitrogens with two attached hydrogens (primary N) is 2. The smallest absolute Gasteiger partial charge is 0.240 e. The van der Waals surface area contributed by atoms with Crippen LogP contribution in [0, 0.1) is 0 Å². The highest BCUT2D eigenvalue weighted by atomic mass is 35.5. The zero-order valence-electron chi connectivity index (χ0n) is 23.6. The minimum atomic E-state index is -0.774. The van der Waals surface area contributed by atoms with E-state index in [-0.39, 0.29) is 23.9 Å². The molecule has 42 heavy (non-hydrogen) atoms. The Hall–Kier alpha value is -3.59. The van der Waals surface area contributed by atoms with Gasteiger partial charge < -0.3 is 26.3 Å². The molecule has 4 aromatic rings. The summed E-state index contributed by atoms with van der Waals surface area (Å²) in [4.78, 5) is 38.4. The van der Waals surface area contributed by atoms with Gasteiger partial charge in [0.25, 0.3) is 0 Å². The maximum absolute atomic E-state index is 13.8. The molecule has 0 unspecified atom stereocenters. The first kappa shape index (κ1) is 29.9. The number of aryl methyl sites for hydroxylation is 1. The first-order chi connectivity index (χ1) is 20.2. The van der Waals surface area contributed by atoms with E-state index in [1.54, 1.807) is 24.4 Å². The van der Waals surface area contributed by atoms with E-state index < -0.39 is 6.04 Å². The maximum Gasteiger partial charge on any atom is 0.240 e. The molecule has 0 spiro atoms. The molecule has 0 radical (unpaired) electrons. The van der Waals surface area contributed by atoms with Gasteiger partial charge in [-0.3, -0.25) is 9.59 Å². The fourth-order valence-corrected chi connectivity index (χ4v) is 6.26. The number of nitrogen functional groups attached to an aromatic ring is 1. The second-order valence-electron chi connectivity index (χ2n) is 11.1. The summed E-state index contributed by atoms with van der Waals surface area (Å²) in [6, 6.07) is 18.4. The number of H-pyrrole nitrogens is 1. The van der Waals surface area contributed by atoms with Crippen molar-refractivity contribution in [3.05, 3.63) is 93.7 Å². The van der Waals surface area contributed by atoms with Gasteiger partial charge in [-0.05, 0) is 66.6 Å². The molecule has 5 rings (SSSR count). The van der Waals surface area contributed by atoms with Crippen LogP contribution in [-0.4, -0.2) is 62.8 Å². The lowest BCUT2D eigenvalue weighted by Gasteiger charge is -2.46. The number of anilines is 1. The number of nitrogens with zero attached hydrogens (tertiary/aromatic N) is 3. The highest BCUT2D eigenvalue weighted by molar-refractivity contribution is 6.35. The average molecular weight is 608 g/mol. The Kier molecular flexibility index (Phi) is 9.36. The van der Waals surface area contributed by atoms with Crippen molar-refractivity contribution in [1.82, 2.24) is 19.8 Å². The number of fused-ring (bicyclic) bond motifs is 1. The van der Waals surface area contributed by atoms with Crippen molar-refractivity contribution in [3.63, 3.8) is 0 Å². The van der Waals surface area contributed by atoms with Crippen molar-refractivity contribution in [2.75, 3.05) is 18.8 Å². The molecule has 3 aromatic carbocycles. The summed E-state index contributed by atoms with van der Waals surface area (Å²) < 4.78 is 0. The number of piperazine rings is 1. The van der Waals surface area contributed by atoms with E-state index in [1.165, 1.54) is 0 Å². The van der Waals surface area contributed by atoms with Gasteiger partial charge in [0.1, 0.15) is 0 Å². The Bertz CT molecular complexity index is 1570. The van der Waals surface area contributed by atoms with E-state index in [2.05, 4.69) is 34.2 Å². The van der Waals surface area contributed by atoms with Crippen molar-refractivity contribution in [2.24, 2.45) is 5.73 Å². The maximum atomic E-state index is 13.8. The number of benzene rings is 3. The average Bonchev–Trinajstić information content (AvgIpc) is 3.39. The fourth-order valence-electron chi connectivity index (χ4n) is 5.78. The van der Waals surface area contributed by atoms with Gasteiger partial charge in [0.2, 0.25) is 11.8 Å². The fraction of sp³-hybridized carbons (Fsp3) is 0.344. The molecule has 0 saturated carbocycles. The minimum Gasteiger partial charge on any atom is -0.369 e. The van der Waals surface area contributed by atoms with Crippen LogP contribution < -0.4 is 11.5 Å². The van der Waals surface area contributed by atoms with Gasteiger partial charge >= 0.3 is 0 Å². The SMILES string of the molecule is C[C@@H]1CN(C(=O)[C@H](N)Cc2ccc(Cl)cc2Cl)[C@@H](CCCc2c[nH]c(N)n2)CN1C(=O)Cc1ccc2ccccc2c1. The molecule has 0 bridgehead atoms. The summed E-state index contributed by atoms with van der Waals surface area (Å²) in [6.45, 7) is 2.84. The van der Waals surface area contributed by atoms with E-state index in [0.29, 0.717) is 54.8 Å². The molecule has 1 aliphatic heterocycles. The number of imidazole rings is 1. The summed E-state index contributed by atoms with van der Waals surface area (Å²) in [6.07, 6.45) is 4.57. The quantitative estimate of drug-likeness (QED) is 0.247. The van der Waals surface area contributed by atoms with Crippen molar-refractivity contribution >= 4 is 51.7 Å². The Labute approximate surface area is 256 Å². The van der Waals surface area contributed by atoms with Crippen molar-refractivity contribution in [3.8, 4) is 0 Å². The van der Waals surface area contributed by atoms with Crippen LogP contribution in [0.25, 0.3) is 10.8 Å². The van der Waals surface area contributed by atoms with E-state index in [9.17, 15) is 9.59 Å². The molecule has 2 heterocycles. The molecular weight excluding hydrogens is 571 g/mol. The van der Waals surface area contributed by atoms with Crippen molar-refractivity contribution < 1.29 is 9.59 Å². The normalized spacial score (nSPS) is 17.9. The molecule has 1 saturated heterocycles. The van der Waals surface area contributed by atoms with Gasteiger partial charge in [-0.2, -0.15) is 0 Å². The molecule has 220 valence electrons. The van der Waals surface area contributed by atoms with Gasteiger partial charge in [-0.25, -0.2) is 4.98 Å². The molecule has 10 heteroatoms. The topological polar surface area (TPSA) is 121 Å². The van der Waals surface area contributed by atoms with Gasteiger partial charge in [-0.1, -0.05) is 71.7 Å². The van der Waals surface area contributed by atoms with E-state index in [1.807, 2.05) is 34.9 Å². The lowest BCUT2D eigenvalue weighted by molar-refractivity contribution is -0.147. The molecule has 1 fully saturated rings. The summed E-state index contributed by atoms with van der Waals surface area (Å²) in [5.41, 5.74) is 14.8. The lowest BCUT2D eigenvalue weighted by atomic mass is 9.97. The monoisotopic (exact) mass is 606 g/mol. The van der Waals surface area contributed by atoms with E-state index >= 15 is 0 Å². The molecule has 0 aliphatic carbocycles. The Balaban J connectivity index is 1.30. The molecule has 8 nitrogen and oxygen atoms in total. The van der Waals surface area contributed by atoms with Crippen molar-refractivity contribution in [2.45, 2.75) is 57.2 Å². The van der Waals surface area contributed by atoms with Crippen LogP contribution in [0.3, 0.4) is 0 Å². The largest absolute Gasteiger partial charge is 0.369 e. The number of aromatic nitrogens is 2. The van der Waals surface area contributed by atoms with Crippen LogP contribution in [0.15, 0.2) is 66.9 Å². The number of halogens is 2. The van der Waals surface area contributed by atoms with Crippen LogP contribution in [0.2, 0.25) is 10.0 Å². The second kappa shape index (κ2) is 13.2. The lowest BCUT2D eigenvalue weighted by Crippen LogP contribution is -2.63. The van der Waals surface area contributed by atoms with E-state index in [0.717, 1.165) is 34.0 Å². The third kappa shape index (κ3) is 7.06. The molecule has 1 aromatic heterocycles. The summed E-state index contributed by atoms with van der Waals surface area (Å²) in [5.74, 6) is 0.279. The molecule has 2 amide bonds. The van der Waals surface area contributed by atoms with Crippen molar-refractivity contribution in [1.29, 1.82) is 0 Å². The van der Waals surface area contributed by atoms with Crippen LogP contribution in [-0.2, 0) is 28.9 Å². The van der Waals surface area contributed by atoms with Crippen LogP contribution in [0.1, 0.15) is 36.6 Å². The van der Waals surface area contributed by atoms with Crippen LogP contribution in [0.4, 0.5) is 5.95 Å². The number of carbonyl (C=O) groups excluding carboxylic acids is 2. The zero-order chi connectivity index (χ0) is 29.8. The van der Waals surface area contributed by atoms with Gasteiger partial charge in [0, 0.05) is 41.4 Å². The van der Waals surface area contributed by atoms with E-state index in [4.69, 9.17) is 34.7 Å². The number of carbonyl (C=O) groups is 2. The molecular formula is C32H36Cl2N6O2. The summed E-state index contributed by atoms with van der Waals surface area (Å²) in [5, 5.41) is 3.26. The van der Waals surface area contributed by atoms with Crippen LogP contribution >= 0.6 is 23.2 Å². The zero-order valence-corrected chi connectivity index (χ0v) is 25.1. The third-order valence-corrected chi connectivity index (χ3v) is 8.59. The number of nitrogens with one attached hydrogen (secondary N) is 1. The van der Waals surface area contributed by atoms with Gasteiger partial charge in [0.15, 0.2) is 5.95 Å². The number of amides is 2.